The Morgan fingerprint density at radius 3 is 2.50 bits per heavy atom. The lowest BCUT2D eigenvalue weighted by atomic mass is 10.1. The number of aldehydes is 1. The molecule has 0 spiro atoms. The van der Waals surface area contributed by atoms with Crippen LogP contribution < -0.4 is 0 Å². The summed E-state index contributed by atoms with van der Waals surface area (Å²) in [5.41, 5.74) is 0.317. The van der Waals surface area contributed by atoms with Gasteiger partial charge in [-0.2, -0.15) is 0 Å². The van der Waals surface area contributed by atoms with E-state index in [4.69, 9.17) is 0 Å². The number of benzene rings is 1. The van der Waals surface area contributed by atoms with Gasteiger partial charge in [-0.3, -0.25) is 9.69 Å². The summed E-state index contributed by atoms with van der Waals surface area (Å²) in [7, 11) is 1.86. The highest BCUT2D eigenvalue weighted by molar-refractivity contribution is 5.77. The Morgan fingerprint density at radius 2 is 2.00 bits per heavy atom. The fourth-order valence-corrected chi connectivity index (χ4v) is 1.32. The van der Waals surface area contributed by atoms with Crippen molar-refractivity contribution in [2.45, 2.75) is 26.4 Å². The second-order valence-electron chi connectivity index (χ2n) is 4.06. The van der Waals surface area contributed by atoms with Crippen molar-refractivity contribution in [3.05, 3.63) is 34.9 Å². The second kappa shape index (κ2) is 5.16. The molecule has 0 aliphatic heterocycles. The van der Waals surface area contributed by atoms with Gasteiger partial charge in [0.25, 0.3) is 0 Å². The van der Waals surface area contributed by atoms with Gasteiger partial charge in [0, 0.05) is 12.6 Å². The Balaban J connectivity index is 3.05. The van der Waals surface area contributed by atoms with Crippen molar-refractivity contribution in [2.24, 2.45) is 0 Å². The summed E-state index contributed by atoms with van der Waals surface area (Å²) in [6.07, 6.45) is 0.363. The normalized spacial score (nSPS) is 11.2. The molecule has 0 radical (unpaired) electrons. The molecule has 0 fully saturated rings. The Kier molecular flexibility index (Phi) is 4.12. The predicted molar refractivity (Wildman–Crippen MR) is 58.3 cm³/mol. The number of halogens is 2. The average Bonchev–Trinajstić information content (AvgIpc) is 2.23. The van der Waals surface area contributed by atoms with Crippen LogP contribution in [0, 0.1) is 11.6 Å². The first-order valence-corrected chi connectivity index (χ1v) is 5.09. The maximum atomic E-state index is 13.3. The van der Waals surface area contributed by atoms with Gasteiger partial charge >= 0.3 is 0 Å². The first kappa shape index (κ1) is 12.8. The summed E-state index contributed by atoms with van der Waals surface area (Å²) in [5, 5.41) is 0. The summed E-state index contributed by atoms with van der Waals surface area (Å²) in [5.74, 6) is -2.05. The van der Waals surface area contributed by atoms with Crippen molar-refractivity contribution in [3.63, 3.8) is 0 Å². The van der Waals surface area contributed by atoms with Crippen molar-refractivity contribution in [3.8, 4) is 0 Å². The standard InChI is InChI=1S/C12H15F2NO/c1-8(2)15(3)6-9-4-5-11(13)12(14)10(9)7-16/h4-5,7-8H,6H2,1-3H3. The molecule has 1 rings (SSSR count). The molecule has 0 amide bonds. The molecule has 0 saturated carbocycles. The zero-order valence-electron chi connectivity index (χ0n) is 9.63. The van der Waals surface area contributed by atoms with E-state index in [1.54, 1.807) is 0 Å². The molecule has 0 aromatic heterocycles. The van der Waals surface area contributed by atoms with E-state index in [1.165, 1.54) is 6.07 Å². The quantitative estimate of drug-likeness (QED) is 0.737. The van der Waals surface area contributed by atoms with Gasteiger partial charge < -0.3 is 0 Å². The Hall–Kier alpha value is -1.29. The Bertz CT molecular complexity index is 391. The largest absolute Gasteiger partial charge is 0.300 e. The summed E-state index contributed by atoms with van der Waals surface area (Å²) >= 11 is 0. The van der Waals surface area contributed by atoms with E-state index in [2.05, 4.69) is 0 Å². The molecule has 16 heavy (non-hydrogen) atoms. The summed E-state index contributed by atoms with van der Waals surface area (Å²) in [6, 6.07) is 2.76. The lowest BCUT2D eigenvalue weighted by Gasteiger charge is -2.21. The predicted octanol–water partition coefficient (Wildman–Crippen LogP) is 2.62. The van der Waals surface area contributed by atoms with E-state index in [-0.39, 0.29) is 11.6 Å². The zero-order valence-corrected chi connectivity index (χ0v) is 9.63. The van der Waals surface area contributed by atoms with E-state index in [1.807, 2.05) is 25.8 Å². The number of nitrogens with zero attached hydrogens (tertiary/aromatic N) is 1. The monoisotopic (exact) mass is 227 g/mol. The highest BCUT2D eigenvalue weighted by atomic mass is 19.2. The van der Waals surface area contributed by atoms with Gasteiger partial charge in [-0.05, 0) is 32.5 Å². The third-order valence-corrected chi connectivity index (χ3v) is 2.64. The smallest absolute Gasteiger partial charge is 0.169 e. The lowest BCUT2D eigenvalue weighted by Crippen LogP contribution is -2.26. The van der Waals surface area contributed by atoms with Crippen molar-refractivity contribution >= 4 is 6.29 Å². The SMILES string of the molecule is CC(C)N(C)Cc1ccc(F)c(F)c1C=O. The topological polar surface area (TPSA) is 20.3 Å². The van der Waals surface area contributed by atoms with Crippen LogP contribution in [-0.4, -0.2) is 24.3 Å². The van der Waals surface area contributed by atoms with Gasteiger partial charge in [-0.25, -0.2) is 8.78 Å². The lowest BCUT2D eigenvalue weighted by molar-refractivity contribution is 0.111. The van der Waals surface area contributed by atoms with E-state index in [0.717, 1.165) is 6.07 Å². The van der Waals surface area contributed by atoms with E-state index >= 15 is 0 Å². The van der Waals surface area contributed by atoms with Crippen molar-refractivity contribution < 1.29 is 13.6 Å². The number of hydrogen-bond acceptors (Lipinski definition) is 2. The van der Waals surface area contributed by atoms with Crippen LogP contribution >= 0.6 is 0 Å². The summed E-state index contributed by atoms with van der Waals surface area (Å²) in [6.45, 7) is 4.39. The van der Waals surface area contributed by atoms with Gasteiger partial charge in [0.05, 0.1) is 5.56 Å². The van der Waals surface area contributed by atoms with Crippen LogP contribution in [0.15, 0.2) is 12.1 Å². The third-order valence-electron chi connectivity index (χ3n) is 2.64. The molecular formula is C12H15F2NO. The Morgan fingerprint density at radius 1 is 1.38 bits per heavy atom. The minimum absolute atomic E-state index is 0.187. The number of hydrogen-bond donors (Lipinski definition) is 0. The molecule has 0 N–H and O–H groups in total. The van der Waals surface area contributed by atoms with Crippen LogP contribution in [0.4, 0.5) is 8.78 Å². The fourth-order valence-electron chi connectivity index (χ4n) is 1.32. The molecule has 0 unspecified atom stereocenters. The van der Waals surface area contributed by atoms with E-state index in [9.17, 15) is 13.6 Å². The third kappa shape index (κ3) is 2.64. The molecule has 0 aliphatic rings. The highest BCUT2D eigenvalue weighted by Gasteiger charge is 2.14. The van der Waals surface area contributed by atoms with Crippen molar-refractivity contribution in [1.29, 1.82) is 0 Å². The van der Waals surface area contributed by atoms with Crippen LogP contribution in [0.2, 0.25) is 0 Å². The molecule has 0 heterocycles. The molecule has 1 aromatic rings. The highest BCUT2D eigenvalue weighted by Crippen LogP contribution is 2.17. The molecule has 2 nitrogen and oxygen atoms in total. The minimum Gasteiger partial charge on any atom is -0.300 e. The Labute approximate surface area is 93.9 Å². The van der Waals surface area contributed by atoms with Gasteiger partial charge in [0.15, 0.2) is 17.9 Å². The summed E-state index contributed by atoms with van der Waals surface area (Å²) in [4.78, 5) is 12.7. The van der Waals surface area contributed by atoms with Gasteiger partial charge in [-0.15, -0.1) is 0 Å². The van der Waals surface area contributed by atoms with E-state index in [0.29, 0.717) is 18.4 Å². The van der Waals surface area contributed by atoms with E-state index < -0.39 is 11.6 Å². The second-order valence-corrected chi connectivity index (χ2v) is 4.06. The molecule has 0 atom stereocenters. The number of carbonyl (C=O) groups is 1. The van der Waals surface area contributed by atoms with Crippen LogP contribution in [-0.2, 0) is 6.54 Å². The van der Waals surface area contributed by atoms with Crippen LogP contribution in [0.3, 0.4) is 0 Å². The van der Waals surface area contributed by atoms with Gasteiger partial charge in [0.2, 0.25) is 0 Å². The molecule has 88 valence electrons. The summed E-state index contributed by atoms with van der Waals surface area (Å²) < 4.78 is 26.2. The van der Waals surface area contributed by atoms with Crippen molar-refractivity contribution in [2.75, 3.05) is 7.05 Å². The molecule has 1 aromatic carbocycles. The zero-order chi connectivity index (χ0) is 12.3. The van der Waals surface area contributed by atoms with Gasteiger partial charge in [-0.1, -0.05) is 6.07 Å². The average molecular weight is 227 g/mol. The van der Waals surface area contributed by atoms with Crippen molar-refractivity contribution in [1.82, 2.24) is 4.90 Å². The molecule has 4 heteroatoms. The minimum atomic E-state index is -1.07. The first-order valence-electron chi connectivity index (χ1n) is 5.09. The first-order chi connectivity index (χ1) is 7.47. The maximum Gasteiger partial charge on any atom is 0.169 e. The maximum absolute atomic E-state index is 13.3. The van der Waals surface area contributed by atoms with Crippen LogP contribution in [0.1, 0.15) is 29.8 Å². The van der Waals surface area contributed by atoms with Crippen LogP contribution in [0.5, 0.6) is 0 Å². The molecule has 0 aliphatic carbocycles. The molecule has 0 bridgehead atoms. The van der Waals surface area contributed by atoms with Crippen LogP contribution in [0.25, 0.3) is 0 Å². The molecular weight excluding hydrogens is 212 g/mol. The number of rotatable bonds is 4. The van der Waals surface area contributed by atoms with Gasteiger partial charge in [0.1, 0.15) is 0 Å². The fraction of sp³-hybridized carbons (Fsp3) is 0.417. The molecule has 0 saturated heterocycles. The number of carbonyl (C=O) groups excluding carboxylic acids is 1.